The van der Waals surface area contributed by atoms with E-state index < -0.39 is 5.91 Å². The number of nitrogens with one attached hydrogen (secondary N) is 1. The van der Waals surface area contributed by atoms with Crippen LogP contribution < -0.4 is 10.1 Å². The number of carbonyl (C=O) groups is 3. The van der Waals surface area contributed by atoms with E-state index in [2.05, 4.69) is 33.0 Å². The van der Waals surface area contributed by atoms with Crippen molar-refractivity contribution < 1.29 is 19.1 Å². The molecule has 3 amide bonds. The number of anilines is 1. The molecule has 0 unspecified atom stereocenters. The van der Waals surface area contributed by atoms with Crippen LogP contribution in [0, 0.1) is 35.5 Å². The van der Waals surface area contributed by atoms with Gasteiger partial charge in [0.15, 0.2) is 0 Å². The van der Waals surface area contributed by atoms with E-state index in [1.165, 1.54) is 18.1 Å². The van der Waals surface area contributed by atoms with E-state index >= 15 is 0 Å². The largest absolute Gasteiger partial charge is 0.494 e. The number of ether oxygens (including phenoxy) is 1. The normalized spacial score (nSPS) is 32.1. The van der Waals surface area contributed by atoms with Crippen molar-refractivity contribution in [1.29, 1.82) is 0 Å². The second-order valence-corrected chi connectivity index (χ2v) is 8.61. The van der Waals surface area contributed by atoms with Crippen molar-refractivity contribution in [2.24, 2.45) is 35.5 Å². The number of likely N-dealkylation sites (tertiary alicyclic amines) is 1. The van der Waals surface area contributed by atoms with Crippen molar-refractivity contribution in [2.45, 2.75) is 6.42 Å². The van der Waals surface area contributed by atoms with Gasteiger partial charge in [-0.25, -0.2) is 0 Å². The van der Waals surface area contributed by atoms with Crippen LogP contribution in [-0.4, -0.2) is 56.5 Å². The van der Waals surface area contributed by atoms with Gasteiger partial charge in [-0.1, -0.05) is 12.2 Å². The second kappa shape index (κ2) is 6.47. The Kier molecular flexibility index (Phi) is 3.80. The Morgan fingerprint density at radius 3 is 2.48 bits per heavy atom. The van der Waals surface area contributed by atoms with Crippen molar-refractivity contribution in [3.63, 3.8) is 0 Å². The minimum atomic E-state index is -0.432. The molecule has 2 aromatic rings. The molecule has 158 valence electrons. The first kappa shape index (κ1) is 18.2. The van der Waals surface area contributed by atoms with Gasteiger partial charge in [0.2, 0.25) is 17.7 Å². The molecule has 1 aromatic heterocycles. The molecule has 0 spiro atoms. The van der Waals surface area contributed by atoms with Crippen molar-refractivity contribution in [3.8, 4) is 11.4 Å². The number of hydrogen-bond acceptors (Lipinski definition) is 7. The van der Waals surface area contributed by atoms with Crippen LogP contribution in [0.15, 0.2) is 36.7 Å². The molecule has 6 atom stereocenters. The summed E-state index contributed by atoms with van der Waals surface area (Å²) in [7, 11) is 1.53. The summed E-state index contributed by atoms with van der Waals surface area (Å²) in [4.78, 5) is 39.9. The first-order chi connectivity index (χ1) is 15.1. The molecule has 3 fully saturated rings. The number of imide groups is 1. The quantitative estimate of drug-likeness (QED) is 0.557. The van der Waals surface area contributed by atoms with Crippen molar-refractivity contribution >= 4 is 23.4 Å². The fraction of sp³-hybridized carbons (Fsp3) is 0.429. The molecule has 2 saturated carbocycles. The molecule has 7 rings (SSSR count). The van der Waals surface area contributed by atoms with Crippen LogP contribution in [0.3, 0.4) is 0 Å². The van der Waals surface area contributed by atoms with E-state index in [0.717, 1.165) is 11.3 Å². The highest BCUT2D eigenvalue weighted by atomic mass is 16.5. The van der Waals surface area contributed by atoms with Crippen molar-refractivity contribution in [1.82, 2.24) is 25.1 Å². The van der Waals surface area contributed by atoms with Crippen molar-refractivity contribution in [3.05, 3.63) is 36.7 Å². The fourth-order valence-corrected chi connectivity index (χ4v) is 5.74. The third kappa shape index (κ3) is 2.63. The summed E-state index contributed by atoms with van der Waals surface area (Å²) in [6.07, 6.45) is 6.76. The summed E-state index contributed by atoms with van der Waals surface area (Å²) < 4.78 is 6.74. The average Bonchev–Trinajstić information content (AvgIpc) is 3.36. The molecule has 0 radical (unpaired) electrons. The molecule has 1 N–H and O–H groups in total. The number of amides is 3. The summed E-state index contributed by atoms with van der Waals surface area (Å²) in [6.45, 7) is -0.286. The molecule has 2 bridgehead atoms. The zero-order chi connectivity index (χ0) is 21.3. The maximum absolute atomic E-state index is 13.0. The van der Waals surface area contributed by atoms with Crippen LogP contribution in [0.1, 0.15) is 6.42 Å². The minimum Gasteiger partial charge on any atom is -0.494 e. The molecule has 31 heavy (non-hydrogen) atoms. The number of carbonyl (C=O) groups excluding carboxylic acids is 3. The number of allylic oxidation sites excluding steroid dienone is 2. The lowest BCUT2D eigenvalue weighted by molar-refractivity contribution is -0.142. The Bertz CT molecular complexity index is 1090. The molecule has 10 nitrogen and oxygen atoms in total. The van der Waals surface area contributed by atoms with Gasteiger partial charge in [-0.3, -0.25) is 19.3 Å². The van der Waals surface area contributed by atoms with Gasteiger partial charge >= 0.3 is 0 Å². The maximum Gasteiger partial charge on any atom is 0.244 e. The Balaban J connectivity index is 1.19. The van der Waals surface area contributed by atoms with Crippen LogP contribution in [0.5, 0.6) is 5.75 Å². The molecule has 4 aliphatic carbocycles. The topological polar surface area (TPSA) is 119 Å². The number of hydrogen-bond donors (Lipinski definition) is 1. The zero-order valence-electron chi connectivity index (χ0n) is 16.7. The van der Waals surface area contributed by atoms with Gasteiger partial charge in [0.05, 0.1) is 18.9 Å². The van der Waals surface area contributed by atoms with Crippen LogP contribution >= 0.6 is 0 Å². The highest BCUT2D eigenvalue weighted by Crippen LogP contribution is 2.65. The van der Waals surface area contributed by atoms with Gasteiger partial charge in [0.25, 0.3) is 0 Å². The van der Waals surface area contributed by atoms with Crippen LogP contribution in [0.2, 0.25) is 0 Å². The molecule has 1 aromatic carbocycles. The second-order valence-electron chi connectivity index (χ2n) is 8.61. The number of methoxy groups -OCH3 is 1. The summed E-state index contributed by atoms with van der Waals surface area (Å²) in [5.41, 5.74) is 1.03. The molecule has 1 saturated heterocycles. The van der Waals surface area contributed by atoms with Crippen LogP contribution in [-0.2, 0) is 14.4 Å². The van der Waals surface area contributed by atoms with E-state index in [0.29, 0.717) is 29.0 Å². The van der Waals surface area contributed by atoms with E-state index in [9.17, 15) is 14.4 Å². The predicted molar refractivity (Wildman–Crippen MR) is 106 cm³/mol. The number of benzene rings is 1. The maximum atomic E-state index is 13.0. The lowest BCUT2D eigenvalue weighted by Crippen LogP contribution is -2.40. The van der Waals surface area contributed by atoms with E-state index in [-0.39, 0.29) is 42.0 Å². The lowest BCUT2D eigenvalue weighted by Gasteiger charge is -2.37. The van der Waals surface area contributed by atoms with Crippen LogP contribution in [0.4, 0.5) is 5.69 Å². The Hall–Kier alpha value is -3.56. The van der Waals surface area contributed by atoms with E-state index in [1.54, 1.807) is 18.2 Å². The van der Waals surface area contributed by atoms with Gasteiger partial charge in [-0.05, 0) is 58.7 Å². The SMILES string of the molecule is COc1ccc(NC(=O)CN2C(=O)[C@@H]3[C@@H]4C=C[C@H]([C@H]5C[C@H]45)[C@@H]3C2=O)cc1-n1cnnn1. The number of nitrogens with zero attached hydrogens (tertiary/aromatic N) is 5. The number of tetrazole rings is 1. The molecular weight excluding hydrogens is 400 g/mol. The van der Waals surface area contributed by atoms with Crippen molar-refractivity contribution in [2.75, 3.05) is 19.0 Å². The Labute approximate surface area is 177 Å². The van der Waals surface area contributed by atoms with Gasteiger partial charge in [0.1, 0.15) is 24.3 Å². The summed E-state index contributed by atoms with van der Waals surface area (Å²) >= 11 is 0. The smallest absolute Gasteiger partial charge is 0.244 e. The third-order valence-corrected chi connectivity index (χ3v) is 7.11. The van der Waals surface area contributed by atoms with Gasteiger partial charge in [-0.15, -0.1) is 5.10 Å². The Morgan fingerprint density at radius 1 is 1.16 bits per heavy atom. The lowest BCUT2D eigenvalue weighted by atomic mass is 9.63. The highest BCUT2D eigenvalue weighted by Gasteiger charge is 2.67. The van der Waals surface area contributed by atoms with Gasteiger partial charge < -0.3 is 10.1 Å². The highest BCUT2D eigenvalue weighted by molar-refractivity contribution is 6.09. The van der Waals surface area contributed by atoms with Gasteiger partial charge in [-0.2, -0.15) is 4.68 Å². The number of rotatable bonds is 5. The van der Waals surface area contributed by atoms with Crippen LogP contribution in [0.25, 0.3) is 5.69 Å². The zero-order valence-corrected chi connectivity index (χ0v) is 16.7. The molecule has 5 aliphatic rings. The number of aromatic nitrogens is 4. The fourth-order valence-electron chi connectivity index (χ4n) is 5.74. The first-order valence-electron chi connectivity index (χ1n) is 10.3. The monoisotopic (exact) mass is 420 g/mol. The third-order valence-electron chi connectivity index (χ3n) is 7.11. The summed E-state index contributed by atoms with van der Waals surface area (Å²) in [6, 6.07) is 5.02. The van der Waals surface area contributed by atoms with E-state index in [1.807, 2.05) is 0 Å². The Morgan fingerprint density at radius 2 is 1.87 bits per heavy atom. The predicted octanol–water partition coefficient (Wildman–Crippen LogP) is 0.662. The average molecular weight is 420 g/mol. The minimum absolute atomic E-state index is 0.143. The van der Waals surface area contributed by atoms with E-state index in [4.69, 9.17) is 4.74 Å². The summed E-state index contributed by atoms with van der Waals surface area (Å²) in [5, 5.41) is 13.8. The molecule has 2 heterocycles. The van der Waals surface area contributed by atoms with Gasteiger partial charge in [0, 0.05) is 5.69 Å². The molecule has 10 heteroatoms. The molecule has 1 aliphatic heterocycles. The molecular formula is C21H20N6O4. The first-order valence-corrected chi connectivity index (χ1v) is 10.3. The standard InChI is InChI=1S/C21H20N6O4/c1-31-16-5-2-10(6-15(16)27-9-22-24-25-27)23-17(28)8-26-20(29)18-11-3-4-12(14-7-13(11)14)19(18)21(26)30/h2-6,9,11-14,18-19H,7-8H2,1H3,(H,23,28)/t11-,12-,13-,14-,18-,19+/m1/s1. The summed E-state index contributed by atoms with van der Waals surface area (Å²) in [5.74, 6) is 0.432.